The fourth-order valence-electron chi connectivity index (χ4n) is 0.173. The van der Waals surface area contributed by atoms with E-state index in [-0.39, 0.29) is 0 Å². The fraction of sp³-hybridized carbons (Fsp3) is 1.00. The predicted octanol–water partition coefficient (Wildman–Crippen LogP) is -2.48. The number of nitrogens with one attached hydrogen (secondary N) is 2. The first-order valence-electron chi connectivity index (χ1n) is 2.12. The molecule has 0 aliphatic carbocycles. The second kappa shape index (κ2) is 3.72. The minimum absolute atomic E-state index is 1.47. The van der Waals surface area contributed by atoms with E-state index in [1.807, 2.05) is 0 Å². The smallest absolute Gasteiger partial charge is 0.0204 e. The molecule has 0 amide bonds. The van der Waals surface area contributed by atoms with Gasteiger partial charge in [-0.15, -0.1) is 0 Å². The monoisotopic (exact) mass is 120 g/mol. The first-order valence-corrected chi connectivity index (χ1v) is 2.12. The summed E-state index contributed by atoms with van der Waals surface area (Å²) in [6.45, 7) is 0. The molecule has 0 aliphatic rings. The zero-order chi connectivity index (χ0) is 6.57. The Morgan fingerprint density at radius 3 is 1.38 bits per heavy atom. The van der Waals surface area contributed by atoms with Crippen LogP contribution in [-0.4, -0.2) is 24.3 Å². The van der Waals surface area contributed by atoms with Crippen LogP contribution < -0.4 is 22.8 Å². The van der Waals surface area contributed by atoms with E-state index in [4.69, 9.17) is 11.7 Å². The molecule has 0 aromatic carbocycles. The molecule has 0 heterocycles. The van der Waals surface area contributed by atoms with Crippen molar-refractivity contribution in [1.29, 1.82) is 0 Å². The summed E-state index contributed by atoms with van der Waals surface area (Å²) >= 11 is 0. The van der Waals surface area contributed by atoms with Gasteiger partial charge in [-0.3, -0.25) is 11.7 Å². The molecule has 0 rings (SSSR count). The molecule has 8 heavy (non-hydrogen) atoms. The fourth-order valence-corrected chi connectivity index (χ4v) is 0.173. The van der Waals surface area contributed by atoms with Crippen LogP contribution in [0, 0.1) is 0 Å². The second-order valence-electron chi connectivity index (χ2n) is 1.31. The molecule has 0 bridgehead atoms. The maximum absolute atomic E-state index is 4.99. The van der Waals surface area contributed by atoms with Gasteiger partial charge in [0.05, 0.1) is 0 Å². The lowest BCUT2D eigenvalue weighted by atomic mass is 11.3. The van der Waals surface area contributed by atoms with Crippen molar-refractivity contribution in [3.05, 3.63) is 0 Å². The summed E-state index contributed by atoms with van der Waals surface area (Å²) in [6.07, 6.45) is 0. The van der Waals surface area contributed by atoms with E-state index < -0.39 is 0 Å². The van der Waals surface area contributed by atoms with Crippen molar-refractivity contribution in [2.24, 2.45) is 11.7 Å². The summed E-state index contributed by atoms with van der Waals surface area (Å²) in [5.74, 6) is 9.97. The molecule has 0 radical (unpaired) electrons. The van der Waals surface area contributed by atoms with Gasteiger partial charge in [0.1, 0.15) is 0 Å². The van der Waals surface area contributed by atoms with Gasteiger partial charge >= 0.3 is 0 Å². The van der Waals surface area contributed by atoms with Crippen LogP contribution in [0.1, 0.15) is 0 Å². The molecule has 6 N–H and O–H groups in total. The molecular weight excluding hydrogens is 108 g/mol. The quantitative estimate of drug-likeness (QED) is 0.244. The first-order chi connectivity index (χ1) is 3.72. The van der Waals surface area contributed by atoms with Crippen molar-refractivity contribution in [3.8, 4) is 0 Å². The summed E-state index contributed by atoms with van der Waals surface area (Å²) in [7, 11) is 3.42. The van der Waals surface area contributed by atoms with Crippen molar-refractivity contribution in [2.75, 3.05) is 14.1 Å². The van der Waals surface area contributed by atoms with Crippen LogP contribution in [0.5, 0.6) is 0 Å². The summed E-state index contributed by atoms with van der Waals surface area (Å²) in [6, 6.07) is 0. The van der Waals surface area contributed by atoms with Crippen molar-refractivity contribution < 1.29 is 0 Å². The number of hydrogen-bond acceptors (Lipinski definition) is 6. The zero-order valence-electron chi connectivity index (χ0n) is 5.05. The molecule has 6 heteroatoms. The lowest BCUT2D eigenvalue weighted by Gasteiger charge is -2.24. The van der Waals surface area contributed by atoms with Gasteiger partial charge in [-0.1, -0.05) is 0 Å². The highest BCUT2D eigenvalue weighted by atomic mass is 16.0. The molecule has 0 atom stereocenters. The molecule has 0 aromatic rings. The molecular formula is C2H12N6. The highest BCUT2D eigenvalue weighted by Crippen LogP contribution is 1.70. The van der Waals surface area contributed by atoms with Gasteiger partial charge in [-0.25, -0.2) is 0 Å². The minimum Gasteiger partial charge on any atom is -0.256 e. The first kappa shape index (κ1) is 7.76. The van der Waals surface area contributed by atoms with Gasteiger partial charge < -0.3 is 0 Å². The molecule has 50 valence electrons. The molecule has 6 nitrogen and oxygen atoms in total. The van der Waals surface area contributed by atoms with Crippen LogP contribution in [0.2, 0.25) is 0 Å². The van der Waals surface area contributed by atoms with Crippen molar-refractivity contribution in [2.45, 2.75) is 0 Å². The Morgan fingerprint density at radius 1 is 1.00 bits per heavy atom. The van der Waals surface area contributed by atoms with Gasteiger partial charge in [-0.2, -0.15) is 21.3 Å². The largest absolute Gasteiger partial charge is 0.256 e. The molecule has 0 fully saturated rings. The molecule has 0 aromatic heterocycles. The maximum atomic E-state index is 4.99. The molecule has 0 saturated carbocycles. The molecule has 0 aliphatic heterocycles. The Morgan fingerprint density at radius 2 is 1.25 bits per heavy atom. The third kappa shape index (κ3) is 2.17. The van der Waals surface area contributed by atoms with Gasteiger partial charge in [-0.05, 0) is 0 Å². The van der Waals surface area contributed by atoms with Gasteiger partial charge in [0.25, 0.3) is 0 Å². The summed E-state index contributed by atoms with van der Waals surface area (Å²) in [5, 5.41) is 2.94. The second-order valence-corrected chi connectivity index (χ2v) is 1.31. The van der Waals surface area contributed by atoms with Crippen LogP contribution in [0.25, 0.3) is 0 Å². The van der Waals surface area contributed by atoms with E-state index >= 15 is 0 Å². The third-order valence-electron chi connectivity index (χ3n) is 0.824. The Hall–Kier alpha value is -0.240. The SMILES string of the molecule is CN(NN)N(C)NN. The van der Waals surface area contributed by atoms with Crippen molar-refractivity contribution >= 4 is 0 Å². The Bertz CT molecular complexity index is 46.5. The molecule has 0 saturated heterocycles. The van der Waals surface area contributed by atoms with E-state index in [1.54, 1.807) is 14.1 Å². The third-order valence-corrected chi connectivity index (χ3v) is 0.824. The van der Waals surface area contributed by atoms with E-state index in [9.17, 15) is 0 Å². The standard InChI is InChI=1S/C2H12N6/c1-7(5-3)8(2)6-4/h5-6H,3-4H2,1-2H3. The Balaban J connectivity index is 3.29. The average molecular weight is 120 g/mol. The maximum Gasteiger partial charge on any atom is 0.0204 e. The number of nitrogens with two attached hydrogens (primary N) is 2. The van der Waals surface area contributed by atoms with Crippen LogP contribution in [0.15, 0.2) is 0 Å². The van der Waals surface area contributed by atoms with Gasteiger partial charge in [0.2, 0.25) is 0 Å². The lowest BCUT2D eigenvalue weighted by Crippen LogP contribution is -2.57. The van der Waals surface area contributed by atoms with Gasteiger partial charge in [0, 0.05) is 14.1 Å². The van der Waals surface area contributed by atoms with Crippen LogP contribution >= 0.6 is 0 Å². The minimum atomic E-state index is 1.47. The van der Waals surface area contributed by atoms with Crippen molar-refractivity contribution in [3.63, 3.8) is 0 Å². The number of hydrogen-bond donors (Lipinski definition) is 4. The summed E-state index contributed by atoms with van der Waals surface area (Å²) in [5.41, 5.74) is 4.66. The highest BCUT2D eigenvalue weighted by Gasteiger charge is 1.96. The summed E-state index contributed by atoms with van der Waals surface area (Å²) in [4.78, 5) is 0. The Kier molecular flexibility index (Phi) is 3.61. The summed E-state index contributed by atoms with van der Waals surface area (Å²) < 4.78 is 0. The number of hydrazine groups is 5. The van der Waals surface area contributed by atoms with E-state index in [0.717, 1.165) is 0 Å². The van der Waals surface area contributed by atoms with Gasteiger partial charge in [0.15, 0.2) is 0 Å². The average Bonchev–Trinajstić information content (AvgIpc) is 1.84. The molecule has 0 unspecified atom stereocenters. The number of rotatable bonds is 3. The van der Waals surface area contributed by atoms with E-state index in [2.05, 4.69) is 11.1 Å². The predicted molar refractivity (Wildman–Crippen MR) is 30.2 cm³/mol. The van der Waals surface area contributed by atoms with E-state index in [1.165, 1.54) is 10.2 Å². The van der Waals surface area contributed by atoms with E-state index in [0.29, 0.717) is 0 Å². The normalized spacial score (nSPS) is 11.2. The highest BCUT2D eigenvalue weighted by molar-refractivity contribution is 4.20. The number of nitrogens with zero attached hydrogens (tertiary/aromatic N) is 2. The van der Waals surface area contributed by atoms with Crippen LogP contribution in [-0.2, 0) is 0 Å². The lowest BCUT2D eigenvalue weighted by molar-refractivity contribution is -0.0665. The topological polar surface area (TPSA) is 82.6 Å². The molecule has 0 spiro atoms. The van der Waals surface area contributed by atoms with Crippen LogP contribution in [0.3, 0.4) is 0 Å². The van der Waals surface area contributed by atoms with Crippen LogP contribution in [0.4, 0.5) is 0 Å². The Labute approximate surface area is 48.3 Å². The zero-order valence-corrected chi connectivity index (χ0v) is 5.05. The van der Waals surface area contributed by atoms with Crippen molar-refractivity contribution in [1.82, 2.24) is 21.3 Å².